The largest absolute Gasteiger partial charge is 0.497 e. The minimum atomic E-state index is -0.833. The molecule has 0 spiro atoms. The summed E-state index contributed by atoms with van der Waals surface area (Å²) < 4.78 is 31.7. The van der Waals surface area contributed by atoms with Crippen LogP contribution in [0.4, 0.5) is 14.5 Å². The van der Waals surface area contributed by atoms with Crippen molar-refractivity contribution in [3.63, 3.8) is 0 Å². The van der Waals surface area contributed by atoms with Gasteiger partial charge in [0.1, 0.15) is 17.4 Å². The second-order valence-electron chi connectivity index (χ2n) is 5.57. The molecule has 6 nitrogen and oxygen atoms in total. The van der Waals surface area contributed by atoms with Crippen molar-refractivity contribution in [2.24, 2.45) is 0 Å². The second kappa shape index (κ2) is 8.17. The van der Waals surface area contributed by atoms with Crippen LogP contribution in [0.15, 0.2) is 47.6 Å². The molecule has 0 aliphatic heterocycles. The van der Waals surface area contributed by atoms with Crippen LogP contribution in [0.5, 0.6) is 5.75 Å². The minimum absolute atomic E-state index is 0.0808. The van der Waals surface area contributed by atoms with Crippen molar-refractivity contribution < 1.29 is 18.3 Å². The number of amides is 1. The molecule has 0 saturated heterocycles. The molecule has 27 heavy (non-hydrogen) atoms. The maximum absolute atomic E-state index is 13.6. The summed E-state index contributed by atoms with van der Waals surface area (Å²) in [6.07, 6.45) is 0. The molecule has 0 aliphatic rings. The van der Waals surface area contributed by atoms with E-state index in [9.17, 15) is 13.6 Å². The fourth-order valence-corrected chi connectivity index (χ4v) is 2.94. The summed E-state index contributed by atoms with van der Waals surface area (Å²) in [7, 11) is 1.59. The van der Waals surface area contributed by atoms with Gasteiger partial charge in [-0.2, -0.15) is 0 Å². The molecule has 2 aromatic carbocycles. The van der Waals surface area contributed by atoms with Crippen LogP contribution in [-0.2, 0) is 4.79 Å². The van der Waals surface area contributed by atoms with Gasteiger partial charge in [-0.1, -0.05) is 11.8 Å². The zero-order chi connectivity index (χ0) is 19.4. The number of nitrogens with one attached hydrogen (secondary N) is 2. The number of carbonyl (C=O) groups is 1. The number of hydrogen-bond acceptors (Lipinski definition) is 5. The van der Waals surface area contributed by atoms with E-state index in [0.717, 1.165) is 29.1 Å². The van der Waals surface area contributed by atoms with Gasteiger partial charge in [0.2, 0.25) is 11.1 Å². The molecule has 0 aliphatic carbocycles. The van der Waals surface area contributed by atoms with Crippen molar-refractivity contribution in [2.45, 2.75) is 17.3 Å². The average Bonchev–Trinajstić information content (AvgIpc) is 3.12. The summed E-state index contributed by atoms with van der Waals surface area (Å²) in [6, 6.07) is 10.2. The van der Waals surface area contributed by atoms with Crippen molar-refractivity contribution in [1.82, 2.24) is 15.2 Å². The molecule has 1 amide bonds. The van der Waals surface area contributed by atoms with E-state index in [1.807, 2.05) is 12.1 Å². The molecular formula is C18H16F2N4O2S. The molecular weight excluding hydrogens is 374 g/mol. The van der Waals surface area contributed by atoms with Crippen LogP contribution in [0, 0.1) is 11.6 Å². The lowest BCUT2D eigenvalue weighted by Crippen LogP contribution is -2.23. The smallest absolute Gasteiger partial charge is 0.237 e. The molecule has 140 valence electrons. The Bertz CT molecular complexity index is 947. The zero-order valence-corrected chi connectivity index (χ0v) is 15.3. The topological polar surface area (TPSA) is 79.9 Å². The van der Waals surface area contributed by atoms with E-state index in [1.165, 1.54) is 6.07 Å². The molecule has 3 aromatic rings. The first-order valence-electron chi connectivity index (χ1n) is 7.95. The van der Waals surface area contributed by atoms with Gasteiger partial charge in [0.25, 0.3) is 0 Å². The number of methoxy groups -OCH3 is 1. The molecule has 0 bridgehead atoms. The summed E-state index contributed by atoms with van der Waals surface area (Å²) in [6.45, 7) is 1.64. The first-order valence-corrected chi connectivity index (χ1v) is 8.83. The Kier molecular flexibility index (Phi) is 5.70. The predicted molar refractivity (Wildman–Crippen MR) is 98.7 cm³/mol. The number of rotatable bonds is 6. The third-order valence-corrected chi connectivity index (χ3v) is 4.63. The number of benzene rings is 2. The van der Waals surface area contributed by atoms with Gasteiger partial charge in [0, 0.05) is 11.6 Å². The zero-order valence-electron chi connectivity index (χ0n) is 14.5. The Balaban J connectivity index is 1.64. The van der Waals surface area contributed by atoms with E-state index >= 15 is 0 Å². The monoisotopic (exact) mass is 390 g/mol. The van der Waals surface area contributed by atoms with E-state index < -0.39 is 22.8 Å². The maximum Gasteiger partial charge on any atom is 0.237 e. The Hall–Kier alpha value is -2.94. The summed E-state index contributed by atoms with van der Waals surface area (Å²) in [4.78, 5) is 16.6. The lowest BCUT2D eigenvalue weighted by Gasteiger charge is -2.10. The first-order chi connectivity index (χ1) is 13.0. The van der Waals surface area contributed by atoms with Crippen LogP contribution in [0.25, 0.3) is 11.4 Å². The third-order valence-electron chi connectivity index (χ3n) is 3.67. The Labute approximate surface area is 158 Å². The Morgan fingerprint density at radius 3 is 2.63 bits per heavy atom. The summed E-state index contributed by atoms with van der Waals surface area (Å²) >= 11 is 1.12. The molecule has 0 unspecified atom stereocenters. The van der Waals surface area contributed by atoms with Crippen LogP contribution in [0.1, 0.15) is 6.92 Å². The summed E-state index contributed by atoms with van der Waals surface area (Å²) in [5.74, 6) is -0.704. The van der Waals surface area contributed by atoms with Gasteiger partial charge in [-0.05, 0) is 43.3 Å². The molecule has 0 saturated carbocycles. The SMILES string of the molecule is COc1ccc(-c2nc(S[C@@H](C)C(=O)Nc3ccc(F)cc3F)n[nH]2)cc1. The number of carbonyl (C=O) groups excluding carboxylic acids is 1. The average molecular weight is 390 g/mol. The second-order valence-corrected chi connectivity index (χ2v) is 6.88. The van der Waals surface area contributed by atoms with Crippen molar-refractivity contribution in [3.8, 4) is 17.1 Å². The predicted octanol–water partition coefficient (Wildman–Crippen LogP) is 3.88. The number of ether oxygens (including phenoxy) is 1. The summed E-state index contributed by atoms with van der Waals surface area (Å²) in [5.41, 5.74) is 0.739. The number of aromatic nitrogens is 3. The van der Waals surface area contributed by atoms with E-state index in [1.54, 1.807) is 26.2 Å². The maximum atomic E-state index is 13.6. The highest BCUT2D eigenvalue weighted by Gasteiger charge is 2.19. The van der Waals surface area contributed by atoms with Crippen molar-refractivity contribution in [3.05, 3.63) is 54.1 Å². The number of thioether (sulfide) groups is 1. The number of hydrogen-bond donors (Lipinski definition) is 2. The van der Waals surface area contributed by atoms with Gasteiger partial charge >= 0.3 is 0 Å². The fourth-order valence-electron chi connectivity index (χ4n) is 2.21. The highest BCUT2D eigenvalue weighted by Crippen LogP contribution is 2.25. The highest BCUT2D eigenvalue weighted by atomic mass is 32.2. The van der Waals surface area contributed by atoms with Crippen molar-refractivity contribution in [1.29, 1.82) is 0 Å². The summed E-state index contributed by atoms with van der Waals surface area (Å²) in [5, 5.41) is 9.11. The highest BCUT2D eigenvalue weighted by molar-refractivity contribution is 8.00. The van der Waals surface area contributed by atoms with E-state index in [2.05, 4.69) is 20.5 Å². The van der Waals surface area contributed by atoms with Crippen molar-refractivity contribution in [2.75, 3.05) is 12.4 Å². The molecule has 1 atom stereocenters. The number of H-pyrrole nitrogens is 1. The normalized spacial score (nSPS) is 11.9. The van der Waals surface area contributed by atoms with Crippen LogP contribution >= 0.6 is 11.8 Å². The molecule has 1 heterocycles. The van der Waals surface area contributed by atoms with Gasteiger partial charge in [0.05, 0.1) is 18.0 Å². The number of aromatic amines is 1. The Morgan fingerprint density at radius 1 is 1.22 bits per heavy atom. The number of halogens is 2. The molecule has 2 N–H and O–H groups in total. The molecule has 1 aromatic heterocycles. The molecule has 3 rings (SSSR count). The minimum Gasteiger partial charge on any atom is -0.497 e. The van der Waals surface area contributed by atoms with E-state index in [0.29, 0.717) is 17.0 Å². The quantitative estimate of drug-likeness (QED) is 0.625. The fraction of sp³-hybridized carbons (Fsp3) is 0.167. The molecule has 9 heteroatoms. The molecule has 0 radical (unpaired) electrons. The third kappa shape index (κ3) is 4.62. The van der Waals surface area contributed by atoms with Gasteiger partial charge in [-0.15, -0.1) is 5.10 Å². The lowest BCUT2D eigenvalue weighted by molar-refractivity contribution is -0.115. The van der Waals surface area contributed by atoms with Crippen LogP contribution in [-0.4, -0.2) is 33.4 Å². The van der Waals surface area contributed by atoms with Crippen LogP contribution < -0.4 is 10.1 Å². The first kappa shape index (κ1) is 18.8. The number of anilines is 1. The van der Waals surface area contributed by atoms with Gasteiger partial charge in [0.15, 0.2) is 5.82 Å². The van der Waals surface area contributed by atoms with Gasteiger partial charge in [-0.25, -0.2) is 13.8 Å². The standard InChI is InChI=1S/C18H16F2N4O2S/c1-10(17(25)21-15-8-5-12(19)9-14(15)20)27-18-22-16(23-24-18)11-3-6-13(26-2)7-4-11/h3-10H,1-2H3,(H,21,25)(H,22,23,24)/t10-/m0/s1. The molecule has 0 fully saturated rings. The van der Waals surface area contributed by atoms with Gasteiger partial charge in [-0.3, -0.25) is 9.89 Å². The lowest BCUT2D eigenvalue weighted by atomic mass is 10.2. The van der Waals surface area contributed by atoms with E-state index in [-0.39, 0.29) is 5.69 Å². The number of nitrogens with zero attached hydrogens (tertiary/aromatic N) is 2. The van der Waals surface area contributed by atoms with Gasteiger partial charge < -0.3 is 10.1 Å². The van der Waals surface area contributed by atoms with E-state index in [4.69, 9.17) is 4.74 Å². The van der Waals surface area contributed by atoms with Crippen LogP contribution in [0.3, 0.4) is 0 Å². The van der Waals surface area contributed by atoms with Crippen molar-refractivity contribution >= 4 is 23.4 Å². The Morgan fingerprint density at radius 2 is 1.96 bits per heavy atom. The van der Waals surface area contributed by atoms with Crippen LogP contribution in [0.2, 0.25) is 0 Å².